The first-order chi connectivity index (χ1) is 21.9. The predicted molar refractivity (Wildman–Crippen MR) is 170 cm³/mol. The fourth-order valence-electron chi connectivity index (χ4n) is 7.10. The molecule has 3 heterocycles. The quantitative estimate of drug-likeness (QED) is 0.193. The molecule has 46 heavy (non-hydrogen) atoms. The molecule has 0 spiro atoms. The minimum Gasteiger partial charge on any atom is -0.366 e. The Kier molecular flexibility index (Phi) is 6.84. The van der Waals surface area contributed by atoms with Crippen molar-refractivity contribution < 1.29 is 22.8 Å². The third kappa shape index (κ3) is 4.76. The second kappa shape index (κ2) is 10.6. The second-order valence-electron chi connectivity index (χ2n) is 13.2. The Morgan fingerprint density at radius 1 is 0.978 bits per heavy atom. The Hall–Kier alpha value is -4.92. The van der Waals surface area contributed by atoms with E-state index in [1.54, 1.807) is 18.2 Å². The van der Waals surface area contributed by atoms with Crippen LogP contribution >= 0.6 is 0 Å². The summed E-state index contributed by atoms with van der Waals surface area (Å²) in [6.45, 7) is 5.93. The van der Waals surface area contributed by atoms with E-state index >= 15 is 0 Å². The van der Waals surface area contributed by atoms with E-state index in [2.05, 4.69) is 9.88 Å². The lowest BCUT2D eigenvalue weighted by Crippen LogP contribution is -2.39. The molecule has 7 rings (SSSR count). The average molecular weight is 623 g/mol. The molecule has 3 aromatic carbocycles. The first-order valence-electron chi connectivity index (χ1n) is 15.4. The number of halogens is 3. The number of aromatic nitrogens is 2. The third-order valence-corrected chi connectivity index (χ3v) is 9.35. The molecule has 0 saturated heterocycles. The van der Waals surface area contributed by atoms with Crippen LogP contribution in [0.1, 0.15) is 76.8 Å². The van der Waals surface area contributed by atoms with Gasteiger partial charge in [0.25, 0.3) is 11.8 Å². The monoisotopic (exact) mass is 622 g/mol. The lowest BCUT2D eigenvalue weighted by atomic mass is 9.84. The van der Waals surface area contributed by atoms with Gasteiger partial charge in [0.1, 0.15) is 5.82 Å². The van der Waals surface area contributed by atoms with Gasteiger partial charge >= 0.3 is 0 Å². The summed E-state index contributed by atoms with van der Waals surface area (Å²) in [5.41, 5.74) is 9.66. The normalized spacial score (nSPS) is 18.2. The number of hydrogen-bond donors (Lipinski definition) is 2. The van der Waals surface area contributed by atoms with E-state index in [-0.39, 0.29) is 23.2 Å². The number of pyridine rings is 1. The number of hydrogen-bond acceptors (Lipinski definition) is 3. The van der Waals surface area contributed by atoms with E-state index in [1.165, 1.54) is 18.2 Å². The fraction of sp³-hybridized carbons (Fsp3) is 0.270. The topological polar surface area (TPSA) is 90.0 Å². The van der Waals surface area contributed by atoms with Crippen LogP contribution in [0.15, 0.2) is 72.9 Å². The fourth-order valence-corrected chi connectivity index (χ4v) is 7.10. The lowest BCUT2D eigenvalue weighted by molar-refractivity contribution is 0.0935. The third-order valence-electron chi connectivity index (χ3n) is 9.35. The van der Waals surface area contributed by atoms with Crippen LogP contribution in [0.2, 0.25) is 0 Å². The van der Waals surface area contributed by atoms with Gasteiger partial charge in [-0.2, -0.15) is 0 Å². The first-order valence-corrected chi connectivity index (χ1v) is 15.4. The van der Waals surface area contributed by atoms with Crippen molar-refractivity contribution in [1.29, 1.82) is 0 Å². The predicted octanol–water partition coefficient (Wildman–Crippen LogP) is 7.16. The zero-order chi connectivity index (χ0) is 32.5. The molecular formula is C37H33F3N4O2. The zero-order valence-corrected chi connectivity index (χ0v) is 25.8. The van der Waals surface area contributed by atoms with Crippen LogP contribution in [0, 0.1) is 23.4 Å². The van der Waals surface area contributed by atoms with Crippen molar-refractivity contribution in [3.05, 3.63) is 124 Å². The zero-order valence-electron chi connectivity index (χ0n) is 25.8. The summed E-state index contributed by atoms with van der Waals surface area (Å²) in [5.74, 6) is -3.01. The van der Waals surface area contributed by atoms with Crippen LogP contribution in [-0.4, -0.2) is 21.4 Å². The maximum Gasteiger partial charge on any atom is 0.254 e. The highest BCUT2D eigenvalue weighted by molar-refractivity contribution is 6.12. The highest BCUT2D eigenvalue weighted by atomic mass is 19.2. The van der Waals surface area contributed by atoms with Crippen molar-refractivity contribution in [2.75, 3.05) is 0 Å². The highest BCUT2D eigenvalue weighted by Crippen LogP contribution is 2.51. The summed E-state index contributed by atoms with van der Waals surface area (Å²) in [6.07, 6.45) is 4.32. The van der Waals surface area contributed by atoms with Crippen LogP contribution in [-0.2, 0) is 23.9 Å². The number of nitrogens with two attached hydrogens (primary N) is 1. The Morgan fingerprint density at radius 3 is 2.37 bits per heavy atom. The minimum atomic E-state index is -0.920. The number of carbonyl (C=O) groups is 2. The first kappa shape index (κ1) is 29.8. The summed E-state index contributed by atoms with van der Waals surface area (Å²) in [6, 6.07) is 17.9. The number of primary amides is 1. The molecule has 1 fully saturated rings. The van der Waals surface area contributed by atoms with Crippen molar-refractivity contribution in [3.8, 4) is 11.1 Å². The SMILES string of the molecule is CC(C)Cc1nc2c(c(-c3ccc4c(ccn4C4(c5ccc(F)c(F)c5)CC4)c3)c1C(N)=O)C(=O)N[C@@]2(C)Cc1ccc(F)cc1. The number of nitrogens with zero attached hydrogens (tertiary/aromatic N) is 2. The van der Waals surface area contributed by atoms with Gasteiger partial charge in [-0.05, 0) is 91.3 Å². The molecule has 6 nitrogen and oxygen atoms in total. The van der Waals surface area contributed by atoms with Gasteiger partial charge in [-0.3, -0.25) is 14.6 Å². The molecule has 0 unspecified atom stereocenters. The molecule has 3 N–H and O–H groups in total. The number of nitrogens with one attached hydrogen (secondary N) is 1. The molecule has 5 aromatic rings. The molecule has 0 bridgehead atoms. The Labute approximate surface area is 264 Å². The number of carbonyl (C=O) groups excluding carboxylic acids is 2. The van der Waals surface area contributed by atoms with Crippen molar-refractivity contribution in [3.63, 3.8) is 0 Å². The molecule has 2 aliphatic rings. The second-order valence-corrected chi connectivity index (χ2v) is 13.2. The van der Waals surface area contributed by atoms with Gasteiger partial charge in [0, 0.05) is 29.1 Å². The van der Waals surface area contributed by atoms with Crippen LogP contribution in [0.3, 0.4) is 0 Å². The van der Waals surface area contributed by atoms with Gasteiger partial charge in [-0.25, -0.2) is 13.2 Å². The molecule has 2 aromatic heterocycles. The van der Waals surface area contributed by atoms with Crippen LogP contribution in [0.5, 0.6) is 0 Å². The molecule has 1 saturated carbocycles. The van der Waals surface area contributed by atoms with Gasteiger partial charge in [0.05, 0.1) is 33.6 Å². The highest BCUT2D eigenvalue weighted by Gasteiger charge is 2.47. The van der Waals surface area contributed by atoms with Crippen LogP contribution < -0.4 is 11.1 Å². The van der Waals surface area contributed by atoms with Crippen LogP contribution in [0.25, 0.3) is 22.0 Å². The van der Waals surface area contributed by atoms with E-state index in [1.807, 2.05) is 51.2 Å². The Bertz CT molecular complexity index is 2060. The van der Waals surface area contributed by atoms with Crippen molar-refractivity contribution in [1.82, 2.24) is 14.9 Å². The Balaban J connectivity index is 1.39. The van der Waals surface area contributed by atoms with Gasteiger partial charge in [-0.1, -0.05) is 38.1 Å². The molecule has 234 valence electrons. The largest absolute Gasteiger partial charge is 0.366 e. The molecular weight excluding hydrogens is 589 g/mol. The summed E-state index contributed by atoms with van der Waals surface area (Å²) >= 11 is 0. The molecule has 1 atom stereocenters. The molecule has 2 amide bonds. The van der Waals surface area contributed by atoms with Gasteiger partial charge < -0.3 is 15.6 Å². The van der Waals surface area contributed by atoms with Crippen molar-refractivity contribution in [2.24, 2.45) is 11.7 Å². The van der Waals surface area contributed by atoms with E-state index in [4.69, 9.17) is 10.7 Å². The van der Waals surface area contributed by atoms with Gasteiger partial charge in [0.15, 0.2) is 11.6 Å². The van der Waals surface area contributed by atoms with E-state index in [0.29, 0.717) is 46.5 Å². The average Bonchev–Trinajstić information content (AvgIpc) is 3.63. The van der Waals surface area contributed by atoms with Gasteiger partial charge in [-0.15, -0.1) is 0 Å². The molecule has 1 aliphatic carbocycles. The lowest BCUT2D eigenvalue weighted by Gasteiger charge is -2.26. The maximum atomic E-state index is 14.2. The molecule has 1 aliphatic heterocycles. The van der Waals surface area contributed by atoms with Gasteiger partial charge in [0.2, 0.25) is 0 Å². The summed E-state index contributed by atoms with van der Waals surface area (Å²) in [4.78, 5) is 31.9. The number of fused-ring (bicyclic) bond motifs is 2. The number of amides is 2. The summed E-state index contributed by atoms with van der Waals surface area (Å²) < 4.78 is 43.7. The maximum absolute atomic E-state index is 14.2. The Morgan fingerprint density at radius 2 is 1.72 bits per heavy atom. The van der Waals surface area contributed by atoms with E-state index in [9.17, 15) is 22.8 Å². The smallest absolute Gasteiger partial charge is 0.254 e. The van der Waals surface area contributed by atoms with Crippen LogP contribution in [0.4, 0.5) is 13.2 Å². The molecule has 9 heteroatoms. The van der Waals surface area contributed by atoms with Crippen molar-refractivity contribution in [2.45, 2.75) is 57.5 Å². The standard InChI is InChI=1S/C37H33F3N4O2/c1-20(2)16-28-31(34(41)45)30(32-33(42-28)36(3,43-35(32)46)19-21-4-8-25(38)9-5-21)23-6-11-29-22(17-23)12-15-44(29)37(13-14-37)24-7-10-26(39)27(40)18-24/h4-12,15,17-18,20H,13-14,16,19H2,1-3H3,(H2,41,45)(H,43,46)/t36-/m0/s1. The van der Waals surface area contributed by atoms with E-state index in [0.717, 1.165) is 35.4 Å². The summed E-state index contributed by atoms with van der Waals surface area (Å²) in [7, 11) is 0. The molecule has 0 radical (unpaired) electrons. The number of rotatable bonds is 8. The minimum absolute atomic E-state index is 0.146. The number of benzene rings is 3. The van der Waals surface area contributed by atoms with E-state index < -0.39 is 28.6 Å². The van der Waals surface area contributed by atoms with Crippen molar-refractivity contribution >= 4 is 22.7 Å². The summed E-state index contributed by atoms with van der Waals surface area (Å²) in [5, 5.41) is 3.96.